The molecule has 0 saturated heterocycles. The summed E-state index contributed by atoms with van der Waals surface area (Å²) in [7, 11) is 0.531. The van der Waals surface area contributed by atoms with Crippen LogP contribution < -0.4 is 31.0 Å². The zero-order chi connectivity index (χ0) is 31.6. The quantitative estimate of drug-likeness (QED) is 0.183. The average molecular weight is 611 g/mol. The molecule has 224 valence electrons. The van der Waals surface area contributed by atoms with Gasteiger partial charge in [-0.1, -0.05) is 36.4 Å². The molecule has 0 spiro atoms. The number of amides is 1. The molecule has 0 aliphatic rings. The Hall–Kier alpha value is -5.42. The van der Waals surface area contributed by atoms with Crippen molar-refractivity contribution in [1.82, 2.24) is 4.90 Å². The maximum atomic E-state index is 13.6. The predicted octanol–water partition coefficient (Wildman–Crippen LogP) is 5.26. The van der Waals surface area contributed by atoms with Crippen LogP contribution in [0.25, 0.3) is 11.1 Å². The molecular weight excluding hydrogens is 580 g/mol. The first-order chi connectivity index (χ1) is 21.0. The third-order valence-electron chi connectivity index (χ3n) is 6.88. The molecule has 0 unspecified atom stereocenters. The van der Waals surface area contributed by atoms with Crippen LogP contribution in [0.3, 0.4) is 0 Å². The Labute approximate surface area is 254 Å². The van der Waals surface area contributed by atoms with Crippen molar-refractivity contribution in [3.8, 4) is 16.9 Å². The van der Waals surface area contributed by atoms with Gasteiger partial charge in [-0.2, -0.15) is 0 Å². The largest absolute Gasteiger partial charge is 0.495 e. The molecule has 5 rings (SSSR count). The number of aryl methyl sites for hydroxylation is 1. The lowest BCUT2D eigenvalue weighted by Crippen LogP contribution is -2.35. The Morgan fingerprint density at radius 1 is 0.727 bits per heavy atom. The van der Waals surface area contributed by atoms with Crippen LogP contribution in [0.2, 0.25) is 0 Å². The molecule has 5 aromatic rings. The summed E-state index contributed by atoms with van der Waals surface area (Å²) in [4.78, 5) is 38.5. The molecule has 0 aliphatic heterocycles. The molecule has 3 N–H and O–H groups in total. The Morgan fingerprint density at radius 3 is 1.95 bits per heavy atom. The number of anilines is 5. The van der Waals surface area contributed by atoms with Gasteiger partial charge in [-0.3, -0.25) is 19.1 Å². The summed E-state index contributed by atoms with van der Waals surface area (Å²) < 4.78 is 35.2. The summed E-state index contributed by atoms with van der Waals surface area (Å²) >= 11 is 0. The molecule has 0 saturated carbocycles. The van der Waals surface area contributed by atoms with Crippen molar-refractivity contribution in [3.05, 3.63) is 123 Å². The SMILES string of the molecule is COc1ccc(-c2cccc(C(=O)N(C)C)c2)cc1S(=O)(=O)Nc1cccc(Nc2c(Nc3cccc(C)c3)c(=O)c2=O)c1. The van der Waals surface area contributed by atoms with Crippen molar-refractivity contribution in [2.45, 2.75) is 11.8 Å². The van der Waals surface area contributed by atoms with Crippen molar-refractivity contribution >= 4 is 44.4 Å². The van der Waals surface area contributed by atoms with Gasteiger partial charge in [0.25, 0.3) is 26.8 Å². The molecule has 1 amide bonds. The second kappa shape index (κ2) is 12.1. The van der Waals surface area contributed by atoms with Crippen LogP contribution in [-0.4, -0.2) is 40.4 Å². The van der Waals surface area contributed by atoms with Crippen LogP contribution in [-0.2, 0) is 10.0 Å². The molecule has 11 heteroatoms. The van der Waals surface area contributed by atoms with Gasteiger partial charge in [0, 0.05) is 31.0 Å². The molecule has 5 aromatic carbocycles. The second-order valence-electron chi connectivity index (χ2n) is 10.4. The lowest BCUT2D eigenvalue weighted by Gasteiger charge is -2.17. The zero-order valence-electron chi connectivity index (χ0n) is 24.5. The molecule has 0 heterocycles. The number of hydrogen-bond donors (Lipinski definition) is 3. The molecule has 0 bridgehead atoms. The van der Waals surface area contributed by atoms with E-state index in [1.807, 2.05) is 25.1 Å². The van der Waals surface area contributed by atoms with Crippen LogP contribution in [0.15, 0.2) is 105 Å². The number of hydrogen-bond acceptors (Lipinski definition) is 8. The van der Waals surface area contributed by atoms with E-state index in [0.717, 1.165) is 5.56 Å². The van der Waals surface area contributed by atoms with Crippen LogP contribution in [0.1, 0.15) is 15.9 Å². The minimum Gasteiger partial charge on any atom is -0.495 e. The van der Waals surface area contributed by atoms with Crippen LogP contribution in [0, 0.1) is 6.92 Å². The van der Waals surface area contributed by atoms with E-state index < -0.39 is 20.9 Å². The monoisotopic (exact) mass is 610 g/mol. The van der Waals surface area contributed by atoms with E-state index >= 15 is 0 Å². The van der Waals surface area contributed by atoms with Gasteiger partial charge < -0.3 is 20.3 Å². The highest BCUT2D eigenvalue weighted by atomic mass is 32.2. The minimum absolute atomic E-state index is 0.0841. The Morgan fingerprint density at radius 2 is 1.32 bits per heavy atom. The predicted molar refractivity (Wildman–Crippen MR) is 173 cm³/mol. The number of benzene rings is 4. The van der Waals surface area contributed by atoms with Gasteiger partial charge in [0.2, 0.25) is 0 Å². The zero-order valence-corrected chi connectivity index (χ0v) is 25.3. The Kier molecular flexibility index (Phi) is 8.23. The summed E-state index contributed by atoms with van der Waals surface area (Å²) in [6, 6.07) is 25.4. The number of ether oxygens (including phenoxy) is 1. The molecule has 10 nitrogen and oxygen atoms in total. The fourth-order valence-electron chi connectivity index (χ4n) is 4.67. The molecule has 0 radical (unpaired) electrons. The average Bonchev–Trinajstić information content (AvgIpc) is 3.01. The number of carbonyl (C=O) groups excluding carboxylic acids is 1. The van der Waals surface area contributed by atoms with E-state index in [-0.39, 0.29) is 33.6 Å². The molecule has 44 heavy (non-hydrogen) atoms. The second-order valence-corrected chi connectivity index (χ2v) is 12.0. The first-order valence-corrected chi connectivity index (χ1v) is 15.0. The van der Waals surface area contributed by atoms with E-state index in [4.69, 9.17) is 4.74 Å². The fourth-order valence-corrected chi connectivity index (χ4v) is 5.91. The number of nitrogens with one attached hydrogen (secondary N) is 3. The van der Waals surface area contributed by atoms with Crippen LogP contribution in [0.5, 0.6) is 5.75 Å². The van der Waals surface area contributed by atoms with E-state index in [2.05, 4.69) is 15.4 Å². The topological polar surface area (TPSA) is 134 Å². The first-order valence-electron chi connectivity index (χ1n) is 13.5. The van der Waals surface area contributed by atoms with Crippen molar-refractivity contribution in [2.75, 3.05) is 36.6 Å². The van der Waals surface area contributed by atoms with E-state index in [1.165, 1.54) is 24.1 Å². The Bertz CT molecular complexity index is 2060. The highest BCUT2D eigenvalue weighted by Gasteiger charge is 2.23. The molecule has 0 aliphatic carbocycles. The van der Waals surface area contributed by atoms with Gasteiger partial charge in [-0.25, -0.2) is 8.42 Å². The van der Waals surface area contributed by atoms with E-state index in [1.54, 1.807) is 74.8 Å². The maximum absolute atomic E-state index is 13.6. The number of carbonyl (C=O) groups is 1. The van der Waals surface area contributed by atoms with Crippen molar-refractivity contribution in [3.63, 3.8) is 0 Å². The third-order valence-corrected chi connectivity index (χ3v) is 8.29. The normalized spacial score (nSPS) is 11.2. The van der Waals surface area contributed by atoms with Gasteiger partial charge in [0.1, 0.15) is 22.0 Å². The first kappa shape index (κ1) is 30.1. The number of sulfonamides is 1. The summed E-state index contributed by atoms with van der Waals surface area (Å²) in [5, 5.41) is 5.93. The third kappa shape index (κ3) is 6.18. The smallest absolute Gasteiger partial charge is 0.265 e. The molecule has 0 aromatic heterocycles. The van der Waals surface area contributed by atoms with Crippen molar-refractivity contribution < 1.29 is 17.9 Å². The minimum atomic E-state index is -4.16. The Balaban J connectivity index is 1.41. The van der Waals surface area contributed by atoms with Crippen LogP contribution in [0.4, 0.5) is 28.4 Å². The molecular formula is C33H30N4O6S. The lowest BCUT2D eigenvalue weighted by atomic mass is 10.0. The van der Waals surface area contributed by atoms with Crippen molar-refractivity contribution in [2.24, 2.45) is 0 Å². The van der Waals surface area contributed by atoms with E-state index in [0.29, 0.717) is 28.1 Å². The van der Waals surface area contributed by atoms with Gasteiger partial charge >= 0.3 is 0 Å². The molecule has 0 fully saturated rings. The van der Waals surface area contributed by atoms with Gasteiger partial charge in [0.05, 0.1) is 12.8 Å². The number of rotatable bonds is 10. The maximum Gasteiger partial charge on any atom is 0.265 e. The highest BCUT2D eigenvalue weighted by molar-refractivity contribution is 7.92. The summed E-state index contributed by atoms with van der Waals surface area (Å²) in [5.41, 5.74) is 2.85. The number of nitrogens with zero attached hydrogens (tertiary/aromatic N) is 1. The van der Waals surface area contributed by atoms with Crippen LogP contribution >= 0.6 is 0 Å². The van der Waals surface area contributed by atoms with Gasteiger partial charge in [-0.05, 0) is 78.2 Å². The lowest BCUT2D eigenvalue weighted by molar-refractivity contribution is 0.0827. The highest BCUT2D eigenvalue weighted by Crippen LogP contribution is 2.33. The van der Waals surface area contributed by atoms with Gasteiger partial charge in [0.15, 0.2) is 0 Å². The summed E-state index contributed by atoms with van der Waals surface area (Å²) in [5.74, 6) is -0.0446. The number of methoxy groups -OCH3 is 1. The molecule has 0 atom stereocenters. The summed E-state index contributed by atoms with van der Waals surface area (Å²) in [6.45, 7) is 1.91. The van der Waals surface area contributed by atoms with Crippen molar-refractivity contribution in [1.29, 1.82) is 0 Å². The fraction of sp³-hybridized carbons (Fsp3) is 0.121. The van der Waals surface area contributed by atoms with E-state index in [9.17, 15) is 22.8 Å². The standard InChI is InChI=1S/C33H30N4O6S/c1-20-8-5-11-24(16-20)34-29-30(32(39)31(29)38)35-25-12-7-13-26(19-25)36-44(41,42)28-18-22(14-15-27(28)43-4)21-9-6-10-23(17-21)33(40)37(2)3/h5-19,34-36H,1-4H3. The summed E-state index contributed by atoms with van der Waals surface area (Å²) in [6.07, 6.45) is 0. The van der Waals surface area contributed by atoms with Gasteiger partial charge in [-0.15, -0.1) is 0 Å².